The number of carbonyl (C=O) groups excluding carboxylic acids is 1. The van der Waals surface area contributed by atoms with E-state index < -0.39 is 0 Å². The van der Waals surface area contributed by atoms with Crippen LogP contribution in [0.15, 0.2) is 36.0 Å². The molecule has 1 N–H and O–H groups in total. The number of aromatic nitrogens is 3. The van der Waals surface area contributed by atoms with E-state index in [2.05, 4.69) is 15.4 Å². The van der Waals surface area contributed by atoms with Gasteiger partial charge in [0, 0.05) is 5.69 Å². The maximum absolute atomic E-state index is 12.0. The quantitative estimate of drug-likeness (QED) is 0.793. The zero-order valence-electron chi connectivity index (χ0n) is 10.0. The normalized spacial score (nSPS) is 10.6. The van der Waals surface area contributed by atoms with E-state index in [1.165, 1.54) is 11.3 Å². The Balaban J connectivity index is 1.78. The number of nitrogens with zero attached hydrogens (tertiary/aromatic N) is 3. The van der Waals surface area contributed by atoms with E-state index in [-0.39, 0.29) is 5.91 Å². The van der Waals surface area contributed by atoms with Crippen molar-refractivity contribution in [2.75, 3.05) is 12.4 Å². The SMILES string of the molecule is COc1ccc(NC(=O)c2cn3ncsc3n2)cc1. The van der Waals surface area contributed by atoms with Gasteiger partial charge in [0.15, 0.2) is 0 Å². The second-order valence-corrected chi connectivity index (χ2v) is 4.59. The van der Waals surface area contributed by atoms with Gasteiger partial charge in [0.25, 0.3) is 5.91 Å². The Labute approximate surface area is 112 Å². The van der Waals surface area contributed by atoms with Gasteiger partial charge in [-0.1, -0.05) is 11.3 Å². The van der Waals surface area contributed by atoms with E-state index in [9.17, 15) is 4.79 Å². The molecule has 2 heterocycles. The number of hydrogen-bond donors (Lipinski definition) is 1. The third-order valence-corrected chi connectivity index (χ3v) is 3.26. The van der Waals surface area contributed by atoms with E-state index in [1.807, 2.05) is 0 Å². The molecule has 0 bridgehead atoms. The lowest BCUT2D eigenvalue weighted by Crippen LogP contribution is -2.12. The Bertz CT molecular complexity index is 688. The summed E-state index contributed by atoms with van der Waals surface area (Å²) in [6.45, 7) is 0. The first-order valence-corrected chi connectivity index (χ1v) is 6.38. The topological polar surface area (TPSA) is 68.5 Å². The lowest BCUT2D eigenvalue weighted by atomic mass is 10.3. The number of rotatable bonds is 3. The van der Waals surface area contributed by atoms with Crippen molar-refractivity contribution in [2.45, 2.75) is 0 Å². The van der Waals surface area contributed by atoms with Crippen LogP contribution < -0.4 is 10.1 Å². The Morgan fingerprint density at radius 1 is 1.37 bits per heavy atom. The largest absolute Gasteiger partial charge is 0.497 e. The third-order valence-electron chi connectivity index (χ3n) is 2.57. The van der Waals surface area contributed by atoms with Crippen molar-refractivity contribution in [1.82, 2.24) is 14.6 Å². The molecule has 0 saturated heterocycles. The van der Waals surface area contributed by atoms with Crippen molar-refractivity contribution in [3.8, 4) is 5.75 Å². The minimum absolute atomic E-state index is 0.261. The molecule has 3 aromatic rings. The number of hydrogen-bond acceptors (Lipinski definition) is 5. The highest BCUT2D eigenvalue weighted by molar-refractivity contribution is 7.14. The molecule has 0 aliphatic heterocycles. The molecule has 6 nitrogen and oxygen atoms in total. The fourth-order valence-electron chi connectivity index (χ4n) is 1.62. The summed E-state index contributed by atoms with van der Waals surface area (Å²) in [4.78, 5) is 16.9. The van der Waals surface area contributed by atoms with Gasteiger partial charge in [0.1, 0.15) is 17.0 Å². The Kier molecular flexibility index (Phi) is 2.88. The van der Waals surface area contributed by atoms with Crippen molar-refractivity contribution >= 4 is 27.9 Å². The minimum atomic E-state index is -0.261. The van der Waals surface area contributed by atoms with Crippen LogP contribution in [0.3, 0.4) is 0 Å². The first-order valence-electron chi connectivity index (χ1n) is 5.50. The maximum atomic E-state index is 12.0. The smallest absolute Gasteiger partial charge is 0.275 e. The molecule has 0 aliphatic carbocycles. The molecule has 19 heavy (non-hydrogen) atoms. The Morgan fingerprint density at radius 2 is 2.16 bits per heavy atom. The van der Waals surface area contributed by atoms with Gasteiger partial charge in [0.05, 0.1) is 13.3 Å². The van der Waals surface area contributed by atoms with E-state index in [4.69, 9.17) is 4.74 Å². The highest BCUT2D eigenvalue weighted by Crippen LogP contribution is 2.16. The van der Waals surface area contributed by atoms with Gasteiger partial charge in [-0.2, -0.15) is 5.10 Å². The summed E-state index contributed by atoms with van der Waals surface area (Å²) >= 11 is 1.38. The van der Waals surface area contributed by atoms with Gasteiger partial charge >= 0.3 is 0 Å². The molecule has 1 amide bonds. The minimum Gasteiger partial charge on any atom is -0.497 e. The van der Waals surface area contributed by atoms with E-state index in [0.29, 0.717) is 16.3 Å². The van der Waals surface area contributed by atoms with Crippen molar-refractivity contribution in [2.24, 2.45) is 0 Å². The summed E-state index contributed by atoms with van der Waals surface area (Å²) in [6.07, 6.45) is 1.60. The molecule has 0 atom stereocenters. The first kappa shape index (κ1) is 11.7. The van der Waals surface area contributed by atoms with Gasteiger partial charge < -0.3 is 10.1 Å². The number of benzene rings is 1. The van der Waals surface area contributed by atoms with Crippen LogP contribution in [0.4, 0.5) is 5.69 Å². The zero-order valence-corrected chi connectivity index (χ0v) is 10.8. The molecule has 3 rings (SSSR count). The molecule has 2 aromatic heterocycles. The van der Waals surface area contributed by atoms with E-state index >= 15 is 0 Å². The summed E-state index contributed by atoms with van der Waals surface area (Å²) < 4.78 is 6.63. The number of carbonyl (C=O) groups is 1. The molecule has 0 saturated carbocycles. The summed E-state index contributed by atoms with van der Waals surface area (Å²) in [5.41, 5.74) is 2.71. The Morgan fingerprint density at radius 3 is 2.84 bits per heavy atom. The fourth-order valence-corrected chi connectivity index (χ4v) is 2.22. The van der Waals surface area contributed by atoms with Crippen LogP contribution in [0.2, 0.25) is 0 Å². The summed E-state index contributed by atoms with van der Waals surface area (Å²) in [7, 11) is 1.60. The second-order valence-electron chi connectivity index (χ2n) is 3.77. The number of amides is 1. The summed E-state index contributed by atoms with van der Waals surface area (Å²) in [5.74, 6) is 0.479. The molecule has 0 fully saturated rings. The molecule has 7 heteroatoms. The molecular weight excluding hydrogens is 264 g/mol. The van der Waals surface area contributed by atoms with Crippen molar-refractivity contribution in [3.63, 3.8) is 0 Å². The second kappa shape index (κ2) is 4.69. The van der Waals surface area contributed by atoms with Gasteiger partial charge in [0.2, 0.25) is 4.96 Å². The first-order chi connectivity index (χ1) is 9.26. The van der Waals surface area contributed by atoms with Crippen LogP contribution >= 0.6 is 11.3 Å². The molecular formula is C12H10N4O2S. The van der Waals surface area contributed by atoms with E-state index in [0.717, 1.165) is 5.75 Å². The predicted octanol–water partition coefficient (Wildman–Crippen LogP) is 2.05. The molecule has 0 unspecified atom stereocenters. The van der Waals surface area contributed by atoms with Crippen LogP contribution in [-0.2, 0) is 0 Å². The summed E-state index contributed by atoms with van der Waals surface area (Å²) in [5, 5.41) is 6.79. The number of nitrogens with one attached hydrogen (secondary N) is 1. The van der Waals surface area contributed by atoms with Crippen LogP contribution in [0.25, 0.3) is 4.96 Å². The average Bonchev–Trinajstić information content (AvgIpc) is 3.00. The highest BCUT2D eigenvalue weighted by atomic mass is 32.1. The zero-order chi connectivity index (χ0) is 13.2. The number of methoxy groups -OCH3 is 1. The van der Waals surface area contributed by atoms with Crippen molar-refractivity contribution in [1.29, 1.82) is 0 Å². The van der Waals surface area contributed by atoms with Gasteiger partial charge in [-0.15, -0.1) is 0 Å². The molecule has 0 spiro atoms. The number of ether oxygens (including phenoxy) is 1. The monoisotopic (exact) mass is 274 g/mol. The molecule has 0 radical (unpaired) electrons. The predicted molar refractivity (Wildman–Crippen MR) is 71.8 cm³/mol. The van der Waals surface area contributed by atoms with Gasteiger partial charge in [-0.25, -0.2) is 9.50 Å². The molecule has 1 aromatic carbocycles. The van der Waals surface area contributed by atoms with Gasteiger partial charge in [-0.05, 0) is 24.3 Å². The third kappa shape index (κ3) is 2.27. The standard InChI is InChI=1S/C12H10N4O2S/c1-18-9-4-2-8(3-5-9)14-11(17)10-6-16-12(15-10)19-7-13-16/h2-7H,1H3,(H,14,17). The van der Waals surface area contributed by atoms with E-state index in [1.54, 1.807) is 47.6 Å². The van der Waals surface area contributed by atoms with Crippen LogP contribution in [0.1, 0.15) is 10.5 Å². The highest BCUT2D eigenvalue weighted by Gasteiger charge is 2.12. The van der Waals surface area contributed by atoms with Crippen LogP contribution in [0.5, 0.6) is 5.75 Å². The van der Waals surface area contributed by atoms with Crippen molar-refractivity contribution in [3.05, 3.63) is 41.7 Å². The van der Waals surface area contributed by atoms with Crippen LogP contribution in [-0.4, -0.2) is 27.6 Å². The molecule has 96 valence electrons. The Hall–Kier alpha value is -2.41. The van der Waals surface area contributed by atoms with Crippen LogP contribution in [0, 0.1) is 0 Å². The number of imidazole rings is 1. The maximum Gasteiger partial charge on any atom is 0.275 e. The molecule has 0 aliphatic rings. The lowest BCUT2D eigenvalue weighted by Gasteiger charge is -2.04. The fraction of sp³-hybridized carbons (Fsp3) is 0.0833. The average molecular weight is 274 g/mol. The lowest BCUT2D eigenvalue weighted by molar-refractivity contribution is 0.102. The van der Waals surface area contributed by atoms with Crippen molar-refractivity contribution < 1.29 is 9.53 Å². The number of anilines is 1. The summed E-state index contributed by atoms with van der Waals surface area (Å²) in [6, 6.07) is 7.10. The van der Waals surface area contributed by atoms with Gasteiger partial charge in [-0.3, -0.25) is 4.79 Å². The number of fused-ring (bicyclic) bond motifs is 1.